The highest BCUT2D eigenvalue weighted by Crippen LogP contribution is 2.30. The zero-order valence-electron chi connectivity index (χ0n) is 10.2. The Hall–Kier alpha value is -0.820. The summed E-state index contributed by atoms with van der Waals surface area (Å²) in [6, 6.07) is 10.8. The van der Waals surface area contributed by atoms with E-state index in [2.05, 4.69) is 49.5 Å². The van der Waals surface area contributed by atoms with Gasteiger partial charge in [0.15, 0.2) is 0 Å². The van der Waals surface area contributed by atoms with E-state index in [0.29, 0.717) is 5.41 Å². The van der Waals surface area contributed by atoms with Gasteiger partial charge in [-0.2, -0.15) is 0 Å². The van der Waals surface area contributed by atoms with Crippen molar-refractivity contribution >= 4 is 0 Å². The molecule has 1 nitrogen and oxygen atoms in total. The van der Waals surface area contributed by atoms with E-state index in [-0.39, 0.29) is 0 Å². The summed E-state index contributed by atoms with van der Waals surface area (Å²) in [5, 5.41) is 3.33. The van der Waals surface area contributed by atoms with Gasteiger partial charge in [0.1, 0.15) is 0 Å². The van der Waals surface area contributed by atoms with Crippen LogP contribution in [0.3, 0.4) is 0 Å². The maximum absolute atomic E-state index is 3.33. The Morgan fingerprint density at radius 1 is 1.07 bits per heavy atom. The molecular weight excluding hydrogens is 182 g/mol. The molecule has 0 aliphatic carbocycles. The van der Waals surface area contributed by atoms with Crippen molar-refractivity contribution in [1.82, 2.24) is 5.32 Å². The molecule has 0 unspecified atom stereocenters. The minimum absolute atomic E-state index is 0.427. The summed E-state index contributed by atoms with van der Waals surface area (Å²) in [5.41, 5.74) is 1.88. The molecule has 0 aromatic heterocycles. The first-order valence-electron chi connectivity index (χ1n) is 5.95. The highest BCUT2D eigenvalue weighted by atomic mass is 14.8. The van der Waals surface area contributed by atoms with Crippen LogP contribution < -0.4 is 5.32 Å². The molecule has 1 rings (SSSR count). The Labute approximate surface area is 93.9 Å². The van der Waals surface area contributed by atoms with Gasteiger partial charge in [-0.25, -0.2) is 0 Å². The molecule has 0 saturated carbocycles. The van der Waals surface area contributed by atoms with Gasteiger partial charge in [0.25, 0.3) is 0 Å². The van der Waals surface area contributed by atoms with Crippen LogP contribution in [0, 0.1) is 5.41 Å². The standard InChI is InChI=1S/C14H23N/c1-4-14(5-2,12-15-3)11-13-9-7-6-8-10-13/h6-10,15H,4-5,11-12H2,1-3H3. The molecule has 0 fully saturated rings. The van der Waals surface area contributed by atoms with E-state index in [0.717, 1.165) is 6.54 Å². The van der Waals surface area contributed by atoms with Crippen molar-refractivity contribution in [2.75, 3.05) is 13.6 Å². The maximum Gasteiger partial charge on any atom is 0.000779 e. The number of nitrogens with one attached hydrogen (secondary N) is 1. The third-order valence-corrected chi connectivity index (χ3v) is 3.47. The van der Waals surface area contributed by atoms with Gasteiger partial charge in [0.05, 0.1) is 0 Å². The van der Waals surface area contributed by atoms with Gasteiger partial charge in [-0.15, -0.1) is 0 Å². The van der Waals surface area contributed by atoms with Crippen molar-refractivity contribution < 1.29 is 0 Å². The fraction of sp³-hybridized carbons (Fsp3) is 0.571. The van der Waals surface area contributed by atoms with E-state index < -0.39 is 0 Å². The molecule has 0 amide bonds. The summed E-state index contributed by atoms with van der Waals surface area (Å²) in [6.07, 6.45) is 3.65. The molecule has 0 atom stereocenters. The van der Waals surface area contributed by atoms with E-state index in [1.807, 2.05) is 7.05 Å². The predicted molar refractivity (Wildman–Crippen MR) is 67.1 cm³/mol. The second-order valence-corrected chi connectivity index (χ2v) is 4.40. The van der Waals surface area contributed by atoms with Crippen LogP contribution in [0.4, 0.5) is 0 Å². The molecule has 0 aliphatic heterocycles. The fourth-order valence-electron chi connectivity index (χ4n) is 2.22. The number of hydrogen-bond acceptors (Lipinski definition) is 1. The van der Waals surface area contributed by atoms with E-state index in [1.165, 1.54) is 24.8 Å². The van der Waals surface area contributed by atoms with Crippen LogP contribution in [0.5, 0.6) is 0 Å². The van der Waals surface area contributed by atoms with E-state index >= 15 is 0 Å². The molecule has 84 valence electrons. The highest BCUT2D eigenvalue weighted by molar-refractivity contribution is 5.16. The molecule has 0 radical (unpaired) electrons. The molecule has 15 heavy (non-hydrogen) atoms. The smallest absolute Gasteiger partial charge is 0.000779 e. The van der Waals surface area contributed by atoms with E-state index in [9.17, 15) is 0 Å². The Balaban J connectivity index is 2.74. The highest BCUT2D eigenvalue weighted by Gasteiger charge is 2.25. The quantitative estimate of drug-likeness (QED) is 0.751. The zero-order chi connectivity index (χ0) is 11.1. The summed E-state index contributed by atoms with van der Waals surface area (Å²) in [6.45, 7) is 5.70. The van der Waals surface area contributed by atoms with Crippen molar-refractivity contribution in [2.45, 2.75) is 33.1 Å². The Morgan fingerprint density at radius 3 is 2.13 bits per heavy atom. The van der Waals surface area contributed by atoms with E-state index in [4.69, 9.17) is 0 Å². The normalized spacial score (nSPS) is 11.7. The molecule has 0 heterocycles. The van der Waals surface area contributed by atoms with Crippen LogP contribution in [-0.2, 0) is 6.42 Å². The van der Waals surface area contributed by atoms with Crippen LogP contribution >= 0.6 is 0 Å². The molecule has 1 heteroatoms. The molecule has 1 aromatic rings. The third-order valence-electron chi connectivity index (χ3n) is 3.47. The van der Waals surface area contributed by atoms with Crippen molar-refractivity contribution in [1.29, 1.82) is 0 Å². The summed E-state index contributed by atoms with van der Waals surface area (Å²) >= 11 is 0. The average molecular weight is 205 g/mol. The maximum atomic E-state index is 3.33. The zero-order valence-corrected chi connectivity index (χ0v) is 10.2. The topological polar surface area (TPSA) is 12.0 Å². The summed E-state index contributed by atoms with van der Waals surface area (Å²) in [5.74, 6) is 0. The molecule has 0 saturated heterocycles. The minimum atomic E-state index is 0.427. The van der Waals surface area contributed by atoms with Gasteiger partial charge in [0.2, 0.25) is 0 Å². The van der Waals surface area contributed by atoms with Crippen molar-refractivity contribution in [3.05, 3.63) is 35.9 Å². The third kappa shape index (κ3) is 3.35. The van der Waals surface area contributed by atoms with Gasteiger partial charge in [-0.05, 0) is 37.3 Å². The van der Waals surface area contributed by atoms with Crippen LogP contribution in [0.25, 0.3) is 0 Å². The SMILES string of the molecule is CCC(CC)(CNC)Cc1ccccc1. The summed E-state index contributed by atoms with van der Waals surface area (Å²) in [4.78, 5) is 0. The van der Waals surface area contributed by atoms with Gasteiger partial charge in [-0.1, -0.05) is 44.2 Å². The van der Waals surface area contributed by atoms with Gasteiger partial charge in [0, 0.05) is 6.54 Å². The van der Waals surface area contributed by atoms with Crippen molar-refractivity contribution in [3.63, 3.8) is 0 Å². The molecular formula is C14H23N. The Bertz CT molecular complexity index is 262. The van der Waals surface area contributed by atoms with Crippen molar-refractivity contribution in [3.8, 4) is 0 Å². The largest absolute Gasteiger partial charge is 0.319 e. The van der Waals surface area contributed by atoms with Crippen LogP contribution in [0.2, 0.25) is 0 Å². The summed E-state index contributed by atoms with van der Waals surface area (Å²) in [7, 11) is 2.05. The molecule has 1 N–H and O–H groups in total. The number of hydrogen-bond donors (Lipinski definition) is 1. The monoisotopic (exact) mass is 205 g/mol. The van der Waals surface area contributed by atoms with Crippen molar-refractivity contribution in [2.24, 2.45) is 5.41 Å². The lowest BCUT2D eigenvalue weighted by molar-refractivity contribution is 0.253. The summed E-state index contributed by atoms with van der Waals surface area (Å²) < 4.78 is 0. The van der Waals surface area contributed by atoms with Gasteiger partial charge in [-0.3, -0.25) is 0 Å². The second-order valence-electron chi connectivity index (χ2n) is 4.40. The average Bonchev–Trinajstić information content (AvgIpc) is 2.30. The van der Waals surface area contributed by atoms with E-state index in [1.54, 1.807) is 0 Å². The first-order chi connectivity index (χ1) is 7.26. The molecule has 1 aromatic carbocycles. The number of benzene rings is 1. The first kappa shape index (κ1) is 12.3. The molecule has 0 bridgehead atoms. The Morgan fingerprint density at radius 2 is 1.67 bits per heavy atom. The van der Waals surface area contributed by atoms with Crippen LogP contribution in [0.1, 0.15) is 32.3 Å². The minimum Gasteiger partial charge on any atom is -0.319 e. The lowest BCUT2D eigenvalue weighted by atomic mass is 9.77. The lowest BCUT2D eigenvalue weighted by Gasteiger charge is -2.31. The molecule has 0 aliphatic rings. The van der Waals surface area contributed by atoms with Gasteiger partial charge < -0.3 is 5.32 Å². The molecule has 0 spiro atoms. The second kappa shape index (κ2) is 5.92. The number of rotatable bonds is 6. The van der Waals surface area contributed by atoms with Crippen LogP contribution in [-0.4, -0.2) is 13.6 Å². The first-order valence-corrected chi connectivity index (χ1v) is 5.95. The van der Waals surface area contributed by atoms with Crippen LogP contribution in [0.15, 0.2) is 30.3 Å². The Kier molecular flexibility index (Phi) is 4.83. The predicted octanol–water partition coefficient (Wildman–Crippen LogP) is 3.25. The fourth-order valence-corrected chi connectivity index (χ4v) is 2.22. The lowest BCUT2D eigenvalue weighted by Crippen LogP contribution is -2.33. The van der Waals surface area contributed by atoms with Gasteiger partial charge >= 0.3 is 0 Å².